The number of hydrogen-bond acceptors (Lipinski definition) is 3. The number of carbonyl (C=O) groups excluding carboxylic acids is 1. The maximum absolute atomic E-state index is 12.2. The van der Waals surface area contributed by atoms with Gasteiger partial charge in [0, 0.05) is 11.0 Å². The van der Waals surface area contributed by atoms with Crippen molar-refractivity contribution in [1.29, 1.82) is 0 Å². The van der Waals surface area contributed by atoms with Crippen molar-refractivity contribution in [3.63, 3.8) is 0 Å². The van der Waals surface area contributed by atoms with E-state index in [0.717, 1.165) is 34.6 Å². The first-order chi connectivity index (χ1) is 11.1. The lowest BCUT2D eigenvalue weighted by Gasteiger charge is -2.20. The molecule has 122 valence electrons. The smallest absolute Gasteiger partial charge is 0.238 e. The van der Waals surface area contributed by atoms with E-state index in [4.69, 9.17) is 4.74 Å². The lowest BCUT2D eigenvalue weighted by molar-refractivity contribution is -0.117. The highest BCUT2D eigenvalue weighted by atomic mass is 79.9. The Kier molecular flexibility index (Phi) is 6.62. The quantitative estimate of drug-likeness (QED) is 0.795. The van der Waals surface area contributed by atoms with E-state index in [1.165, 1.54) is 0 Å². The van der Waals surface area contributed by atoms with E-state index in [1.54, 1.807) is 7.11 Å². The van der Waals surface area contributed by atoms with Gasteiger partial charge in [0.2, 0.25) is 5.91 Å². The minimum Gasteiger partial charge on any atom is -0.497 e. The molecule has 2 rings (SSSR count). The predicted octanol–water partition coefficient (Wildman–Crippen LogP) is 3.92. The fourth-order valence-electron chi connectivity index (χ4n) is 2.22. The largest absolute Gasteiger partial charge is 0.497 e. The molecule has 0 heterocycles. The third kappa shape index (κ3) is 5.37. The summed E-state index contributed by atoms with van der Waals surface area (Å²) in [6, 6.07) is 15.5. The molecule has 2 aromatic carbocycles. The van der Waals surface area contributed by atoms with Gasteiger partial charge in [-0.2, -0.15) is 0 Å². The normalized spacial score (nSPS) is 10.6. The molecular weight excluding hydrogens is 356 g/mol. The van der Waals surface area contributed by atoms with Gasteiger partial charge in [-0.05, 0) is 52.3 Å². The van der Waals surface area contributed by atoms with Crippen LogP contribution in [0.4, 0.5) is 5.69 Å². The Balaban J connectivity index is 1.93. The third-order valence-electron chi connectivity index (χ3n) is 3.53. The second-order valence-electron chi connectivity index (χ2n) is 5.18. The Bertz CT molecular complexity index is 644. The van der Waals surface area contributed by atoms with Gasteiger partial charge in [0.25, 0.3) is 0 Å². The van der Waals surface area contributed by atoms with Crippen molar-refractivity contribution in [2.24, 2.45) is 0 Å². The monoisotopic (exact) mass is 376 g/mol. The van der Waals surface area contributed by atoms with Gasteiger partial charge in [-0.1, -0.05) is 31.2 Å². The number of nitrogens with zero attached hydrogens (tertiary/aromatic N) is 1. The molecule has 5 heteroatoms. The molecule has 0 saturated carbocycles. The number of amides is 1. The molecule has 0 aromatic heterocycles. The molecule has 0 aliphatic rings. The molecule has 0 aliphatic heterocycles. The second kappa shape index (κ2) is 8.70. The fourth-order valence-corrected chi connectivity index (χ4v) is 2.61. The number of anilines is 1. The molecule has 0 saturated heterocycles. The van der Waals surface area contributed by atoms with E-state index in [9.17, 15) is 4.79 Å². The first-order valence-electron chi connectivity index (χ1n) is 7.52. The molecule has 2 aromatic rings. The summed E-state index contributed by atoms with van der Waals surface area (Å²) >= 11 is 3.44. The predicted molar refractivity (Wildman–Crippen MR) is 96.7 cm³/mol. The Morgan fingerprint density at radius 3 is 2.48 bits per heavy atom. The number of halogens is 1. The number of nitrogens with one attached hydrogen (secondary N) is 1. The van der Waals surface area contributed by atoms with Gasteiger partial charge in [-0.3, -0.25) is 9.69 Å². The molecule has 1 amide bonds. The van der Waals surface area contributed by atoms with Crippen LogP contribution in [0.25, 0.3) is 0 Å². The summed E-state index contributed by atoms with van der Waals surface area (Å²) in [4.78, 5) is 14.3. The summed E-state index contributed by atoms with van der Waals surface area (Å²) in [5, 5.41) is 2.93. The molecule has 1 N–H and O–H groups in total. The van der Waals surface area contributed by atoms with Crippen LogP contribution in [-0.4, -0.2) is 31.0 Å². The minimum absolute atomic E-state index is 0.0211. The summed E-state index contributed by atoms with van der Waals surface area (Å²) in [5.74, 6) is 0.815. The highest BCUT2D eigenvalue weighted by Gasteiger charge is 2.11. The van der Waals surface area contributed by atoms with Crippen LogP contribution in [0.5, 0.6) is 5.75 Å². The SMILES string of the molecule is CCN(CC(=O)Nc1ccccc1Br)Cc1ccc(OC)cc1. The molecule has 0 radical (unpaired) electrons. The zero-order valence-electron chi connectivity index (χ0n) is 13.4. The highest BCUT2D eigenvalue weighted by molar-refractivity contribution is 9.10. The molecule has 0 aliphatic carbocycles. The van der Waals surface area contributed by atoms with Crippen LogP contribution in [0.15, 0.2) is 53.0 Å². The van der Waals surface area contributed by atoms with E-state index in [1.807, 2.05) is 48.5 Å². The standard InChI is InChI=1S/C18H21BrN2O2/c1-3-21(12-14-8-10-15(23-2)11-9-14)13-18(22)20-17-7-5-4-6-16(17)19/h4-11H,3,12-13H2,1-2H3,(H,20,22). The zero-order valence-corrected chi connectivity index (χ0v) is 15.0. The van der Waals surface area contributed by atoms with Crippen molar-refractivity contribution in [1.82, 2.24) is 4.90 Å². The second-order valence-corrected chi connectivity index (χ2v) is 6.03. The van der Waals surface area contributed by atoms with E-state index in [0.29, 0.717) is 6.54 Å². The maximum atomic E-state index is 12.2. The van der Waals surface area contributed by atoms with E-state index in [-0.39, 0.29) is 5.91 Å². The van der Waals surface area contributed by atoms with E-state index < -0.39 is 0 Å². The summed E-state index contributed by atoms with van der Waals surface area (Å²) in [5.41, 5.74) is 1.94. The van der Waals surface area contributed by atoms with Gasteiger partial charge in [0.15, 0.2) is 0 Å². The number of rotatable bonds is 7. The Morgan fingerprint density at radius 2 is 1.87 bits per heavy atom. The number of para-hydroxylation sites is 1. The van der Waals surface area contributed by atoms with E-state index >= 15 is 0 Å². The third-order valence-corrected chi connectivity index (χ3v) is 4.22. The molecule has 23 heavy (non-hydrogen) atoms. The first-order valence-corrected chi connectivity index (χ1v) is 8.31. The molecular formula is C18H21BrN2O2. The summed E-state index contributed by atoms with van der Waals surface area (Å²) < 4.78 is 6.04. The Hall–Kier alpha value is -1.85. The first kappa shape index (κ1) is 17.5. The van der Waals surface area contributed by atoms with Crippen LogP contribution in [0, 0.1) is 0 Å². The lowest BCUT2D eigenvalue weighted by Crippen LogP contribution is -2.32. The molecule has 0 unspecified atom stereocenters. The molecule has 4 nitrogen and oxygen atoms in total. The van der Waals surface area contributed by atoms with Gasteiger partial charge in [0.05, 0.1) is 19.3 Å². The van der Waals surface area contributed by atoms with Gasteiger partial charge in [0.1, 0.15) is 5.75 Å². The average molecular weight is 377 g/mol. The Labute approximate surface area is 145 Å². The summed E-state index contributed by atoms with van der Waals surface area (Å²) in [6.07, 6.45) is 0. The number of likely N-dealkylation sites (N-methyl/N-ethyl adjacent to an activating group) is 1. The van der Waals surface area contributed by atoms with Gasteiger partial charge >= 0.3 is 0 Å². The number of methoxy groups -OCH3 is 1. The van der Waals surface area contributed by atoms with Crippen molar-refractivity contribution in [3.8, 4) is 5.75 Å². The lowest BCUT2D eigenvalue weighted by atomic mass is 10.2. The van der Waals surface area contributed by atoms with Crippen molar-refractivity contribution < 1.29 is 9.53 Å². The van der Waals surface area contributed by atoms with Crippen molar-refractivity contribution in [3.05, 3.63) is 58.6 Å². The van der Waals surface area contributed by atoms with Crippen LogP contribution in [-0.2, 0) is 11.3 Å². The highest BCUT2D eigenvalue weighted by Crippen LogP contribution is 2.21. The van der Waals surface area contributed by atoms with Gasteiger partial charge in [-0.15, -0.1) is 0 Å². The van der Waals surface area contributed by atoms with Gasteiger partial charge in [-0.25, -0.2) is 0 Å². The maximum Gasteiger partial charge on any atom is 0.238 e. The van der Waals surface area contributed by atoms with Crippen LogP contribution in [0.1, 0.15) is 12.5 Å². The number of hydrogen-bond donors (Lipinski definition) is 1. The summed E-state index contributed by atoms with van der Waals surface area (Å²) in [6.45, 7) is 3.93. The van der Waals surface area contributed by atoms with Crippen LogP contribution < -0.4 is 10.1 Å². The number of carbonyl (C=O) groups is 1. The van der Waals surface area contributed by atoms with Crippen LogP contribution in [0.2, 0.25) is 0 Å². The van der Waals surface area contributed by atoms with E-state index in [2.05, 4.69) is 33.1 Å². The van der Waals surface area contributed by atoms with Crippen molar-refractivity contribution >= 4 is 27.5 Å². The fraction of sp³-hybridized carbons (Fsp3) is 0.278. The number of benzene rings is 2. The van der Waals surface area contributed by atoms with Crippen LogP contribution >= 0.6 is 15.9 Å². The number of ether oxygens (including phenoxy) is 1. The minimum atomic E-state index is -0.0211. The van der Waals surface area contributed by atoms with Crippen molar-refractivity contribution in [2.75, 3.05) is 25.5 Å². The molecule has 0 spiro atoms. The molecule has 0 bridgehead atoms. The Morgan fingerprint density at radius 1 is 1.17 bits per heavy atom. The average Bonchev–Trinajstić information content (AvgIpc) is 2.57. The molecule has 0 atom stereocenters. The van der Waals surface area contributed by atoms with Crippen molar-refractivity contribution in [2.45, 2.75) is 13.5 Å². The molecule has 0 fully saturated rings. The topological polar surface area (TPSA) is 41.6 Å². The van der Waals surface area contributed by atoms with Gasteiger partial charge < -0.3 is 10.1 Å². The summed E-state index contributed by atoms with van der Waals surface area (Å²) in [7, 11) is 1.65. The van der Waals surface area contributed by atoms with Crippen LogP contribution in [0.3, 0.4) is 0 Å². The zero-order chi connectivity index (χ0) is 16.7.